The summed E-state index contributed by atoms with van der Waals surface area (Å²) in [5, 5.41) is 27.7. The molecule has 0 aromatic heterocycles. The van der Waals surface area contributed by atoms with E-state index in [1.165, 1.54) is 6.92 Å². The van der Waals surface area contributed by atoms with Crippen LogP contribution in [0.5, 0.6) is 0 Å². The monoisotopic (exact) mass is 312 g/mol. The summed E-state index contributed by atoms with van der Waals surface area (Å²) in [6.45, 7) is 18.2. The third-order valence-corrected chi connectivity index (χ3v) is 2.23. The van der Waals surface area contributed by atoms with E-state index in [1.807, 2.05) is 0 Å². The van der Waals surface area contributed by atoms with Crippen LogP contribution in [0.4, 0.5) is 0 Å². The van der Waals surface area contributed by atoms with Crippen molar-refractivity contribution in [3.63, 3.8) is 0 Å². The predicted octanol–water partition coefficient (Wildman–Crippen LogP) is 0.688. The van der Waals surface area contributed by atoms with Crippen molar-refractivity contribution in [1.82, 2.24) is 0 Å². The average molecular weight is 312 g/mol. The van der Waals surface area contributed by atoms with E-state index in [2.05, 4.69) is 19.7 Å². The summed E-state index contributed by atoms with van der Waals surface area (Å²) < 4.78 is 0. The standard InChI is InChI=1S/C7H12O2.C5H8O2.C4H6O2/c1-5(6(8)9)7(2,3)4;1-3-4(2)5(6)7;1-3(2)4(5)6/h1H2,2-4H3,(H,8,9);2-3H2,1H3,(H,6,7);1H2,2H3,(H,5,6)/p-2. The zero-order chi connectivity index (χ0) is 18.7. The maximum atomic E-state index is 10.1. The average Bonchev–Trinajstić information content (AvgIpc) is 2.36. The van der Waals surface area contributed by atoms with Crippen LogP contribution in [0, 0.1) is 5.41 Å². The van der Waals surface area contributed by atoms with Crippen molar-refractivity contribution in [1.29, 1.82) is 0 Å². The number of carbonyl (C=O) groups is 3. The Balaban J connectivity index is -0.000000252. The van der Waals surface area contributed by atoms with Crippen LogP contribution < -0.4 is 10.2 Å². The largest absolute Gasteiger partial charge is 0.545 e. The third-order valence-electron chi connectivity index (χ3n) is 2.23. The zero-order valence-corrected chi connectivity index (χ0v) is 13.8. The number of hydrogen-bond acceptors (Lipinski definition) is 5. The molecule has 0 saturated carbocycles. The van der Waals surface area contributed by atoms with E-state index >= 15 is 0 Å². The van der Waals surface area contributed by atoms with E-state index < -0.39 is 17.9 Å². The SMILES string of the molecule is C=C(C(=O)[O-])C(C)(C)C.C=C(C)C(=O)O.C=C(CC)C(=O)[O-]. The molecule has 0 heterocycles. The summed E-state index contributed by atoms with van der Waals surface area (Å²) in [5.74, 6) is -3.25. The molecule has 0 amide bonds. The molecular weight excluding hydrogens is 288 g/mol. The molecular formula is C16H24O6-2. The van der Waals surface area contributed by atoms with Gasteiger partial charge in [0.1, 0.15) is 0 Å². The molecule has 0 atom stereocenters. The minimum absolute atomic E-state index is 0.141. The number of aliphatic carboxylic acids is 3. The van der Waals surface area contributed by atoms with Gasteiger partial charge in [0.2, 0.25) is 0 Å². The molecule has 1 N–H and O–H groups in total. The highest BCUT2D eigenvalue weighted by molar-refractivity contribution is 5.85. The van der Waals surface area contributed by atoms with Gasteiger partial charge < -0.3 is 24.9 Å². The van der Waals surface area contributed by atoms with Crippen molar-refractivity contribution >= 4 is 17.9 Å². The predicted molar refractivity (Wildman–Crippen MR) is 80.5 cm³/mol. The minimum Gasteiger partial charge on any atom is -0.545 e. The molecule has 0 unspecified atom stereocenters. The maximum absolute atomic E-state index is 10.1. The molecule has 6 nitrogen and oxygen atoms in total. The Morgan fingerprint density at radius 1 is 1.00 bits per heavy atom. The molecule has 22 heavy (non-hydrogen) atoms. The van der Waals surface area contributed by atoms with Gasteiger partial charge in [-0.2, -0.15) is 0 Å². The molecule has 0 bridgehead atoms. The highest BCUT2D eigenvalue weighted by Gasteiger charge is 2.14. The van der Waals surface area contributed by atoms with Crippen LogP contribution in [-0.2, 0) is 14.4 Å². The van der Waals surface area contributed by atoms with Crippen LogP contribution in [0.3, 0.4) is 0 Å². The van der Waals surface area contributed by atoms with Crippen LogP contribution in [0.2, 0.25) is 0 Å². The van der Waals surface area contributed by atoms with Gasteiger partial charge in [-0.3, -0.25) is 0 Å². The van der Waals surface area contributed by atoms with Gasteiger partial charge in [-0.05, 0) is 29.9 Å². The zero-order valence-electron chi connectivity index (χ0n) is 13.8. The lowest BCUT2D eigenvalue weighted by Crippen LogP contribution is -2.30. The van der Waals surface area contributed by atoms with Gasteiger partial charge in [-0.15, -0.1) is 0 Å². The lowest BCUT2D eigenvalue weighted by Gasteiger charge is -2.21. The quantitative estimate of drug-likeness (QED) is 0.763. The van der Waals surface area contributed by atoms with Gasteiger partial charge in [0.05, 0.1) is 11.9 Å². The third kappa shape index (κ3) is 15.7. The van der Waals surface area contributed by atoms with Crippen LogP contribution in [0.25, 0.3) is 0 Å². The molecule has 0 aliphatic rings. The Bertz CT molecular complexity index is 440. The number of carboxylic acid groups (broad SMARTS) is 3. The second kappa shape index (κ2) is 11.3. The van der Waals surface area contributed by atoms with Gasteiger partial charge in [0.15, 0.2) is 0 Å². The summed E-state index contributed by atoms with van der Waals surface area (Å²) in [7, 11) is 0. The molecule has 126 valence electrons. The van der Waals surface area contributed by atoms with E-state index in [-0.39, 0.29) is 22.1 Å². The fourth-order valence-corrected chi connectivity index (χ4v) is 0.451. The highest BCUT2D eigenvalue weighted by atomic mass is 16.4. The van der Waals surface area contributed by atoms with Crippen molar-refractivity contribution < 1.29 is 29.7 Å². The fourth-order valence-electron chi connectivity index (χ4n) is 0.451. The smallest absolute Gasteiger partial charge is 0.330 e. The Morgan fingerprint density at radius 3 is 1.32 bits per heavy atom. The van der Waals surface area contributed by atoms with Crippen LogP contribution in [0.15, 0.2) is 36.5 Å². The van der Waals surface area contributed by atoms with Gasteiger partial charge >= 0.3 is 5.97 Å². The summed E-state index contributed by atoms with van der Waals surface area (Å²) >= 11 is 0. The Labute approximate surface area is 131 Å². The molecule has 6 heteroatoms. The first-order chi connectivity index (χ1) is 9.68. The Morgan fingerprint density at radius 2 is 1.32 bits per heavy atom. The molecule has 0 saturated heterocycles. The molecule has 0 fully saturated rings. The second-order valence-corrected chi connectivity index (χ2v) is 5.35. The number of carboxylic acids is 3. The topological polar surface area (TPSA) is 118 Å². The van der Waals surface area contributed by atoms with Crippen molar-refractivity contribution in [3.05, 3.63) is 36.5 Å². The Kier molecular flexibility index (Phi) is 12.7. The molecule has 0 aromatic carbocycles. The van der Waals surface area contributed by atoms with Crippen LogP contribution >= 0.6 is 0 Å². The fraction of sp³-hybridized carbons (Fsp3) is 0.438. The van der Waals surface area contributed by atoms with Crippen molar-refractivity contribution in [2.75, 3.05) is 0 Å². The van der Waals surface area contributed by atoms with Crippen molar-refractivity contribution in [3.8, 4) is 0 Å². The van der Waals surface area contributed by atoms with Gasteiger partial charge in [-0.1, -0.05) is 47.4 Å². The first-order valence-electron chi connectivity index (χ1n) is 6.37. The summed E-state index contributed by atoms with van der Waals surface area (Å²) in [6.07, 6.45) is 0.461. The van der Waals surface area contributed by atoms with Gasteiger partial charge in [0, 0.05) is 5.57 Å². The second-order valence-electron chi connectivity index (χ2n) is 5.35. The lowest BCUT2D eigenvalue weighted by atomic mass is 9.88. The molecule has 0 aliphatic heterocycles. The molecule has 0 aromatic rings. The van der Waals surface area contributed by atoms with Gasteiger partial charge in [-0.25, -0.2) is 4.79 Å². The molecule has 0 aliphatic carbocycles. The van der Waals surface area contributed by atoms with E-state index in [0.717, 1.165) is 0 Å². The number of carbonyl (C=O) groups excluding carboxylic acids is 2. The minimum atomic E-state index is -1.16. The first-order valence-corrected chi connectivity index (χ1v) is 6.37. The van der Waals surface area contributed by atoms with E-state index in [0.29, 0.717) is 6.42 Å². The maximum Gasteiger partial charge on any atom is 0.330 e. The van der Waals surface area contributed by atoms with Crippen LogP contribution in [-0.4, -0.2) is 23.0 Å². The van der Waals surface area contributed by atoms with E-state index in [9.17, 15) is 24.6 Å². The first kappa shape index (κ1) is 24.6. The van der Waals surface area contributed by atoms with E-state index in [1.54, 1.807) is 27.7 Å². The summed E-state index contributed by atoms with van der Waals surface area (Å²) in [6, 6.07) is 0. The Hall–Kier alpha value is -2.37. The van der Waals surface area contributed by atoms with Crippen LogP contribution in [0.1, 0.15) is 41.0 Å². The molecule has 0 radical (unpaired) electrons. The molecule has 0 rings (SSSR count). The summed E-state index contributed by atoms with van der Waals surface area (Å²) in [5.41, 5.74) is 0.0938. The van der Waals surface area contributed by atoms with E-state index in [4.69, 9.17) is 5.11 Å². The normalized spacial score (nSPS) is 9.14. The number of hydrogen-bond donors (Lipinski definition) is 1. The highest BCUT2D eigenvalue weighted by Crippen LogP contribution is 2.22. The lowest BCUT2D eigenvalue weighted by molar-refractivity contribution is -0.301. The van der Waals surface area contributed by atoms with Crippen molar-refractivity contribution in [2.45, 2.75) is 41.0 Å². The summed E-state index contributed by atoms with van der Waals surface area (Å²) in [4.78, 5) is 29.5. The van der Waals surface area contributed by atoms with Crippen molar-refractivity contribution in [2.24, 2.45) is 5.41 Å². The number of rotatable bonds is 4. The van der Waals surface area contributed by atoms with Gasteiger partial charge in [0.25, 0.3) is 0 Å². The molecule has 0 spiro atoms.